The van der Waals surface area contributed by atoms with Crippen molar-refractivity contribution in [1.82, 2.24) is 0 Å². The topological polar surface area (TPSA) is 34.1 Å². The first-order valence-corrected chi connectivity index (χ1v) is 13.0. The Bertz CT molecular complexity index is 1270. The van der Waals surface area contributed by atoms with Gasteiger partial charge in [-0.15, -0.1) is 0 Å². The van der Waals surface area contributed by atoms with Crippen molar-refractivity contribution in [3.8, 4) is 22.3 Å². The second-order valence-corrected chi connectivity index (χ2v) is 11.1. The smallest absolute Gasteiger partial charge is 0.208 e. The van der Waals surface area contributed by atoms with E-state index in [-0.39, 0.29) is 9.79 Å². The normalized spacial score (nSPS) is 11.5. The summed E-state index contributed by atoms with van der Waals surface area (Å²) in [5.41, 5.74) is 3.26. The minimum Gasteiger partial charge on any atom is -0.218 e. The van der Waals surface area contributed by atoms with Crippen molar-refractivity contribution in [1.29, 1.82) is 0 Å². The summed E-state index contributed by atoms with van der Waals surface area (Å²) in [6.45, 7) is 0. The van der Waals surface area contributed by atoms with Crippen molar-refractivity contribution in [3.63, 3.8) is 0 Å². The quantitative estimate of drug-likeness (QED) is 0.236. The molecule has 0 spiro atoms. The minimum atomic E-state index is -3.82. The molecule has 2 nitrogen and oxygen atoms in total. The molecule has 156 valence electrons. The predicted octanol–water partition coefficient (Wildman–Crippen LogP) is 8.69. The zero-order chi connectivity index (χ0) is 22.2. The van der Waals surface area contributed by atoms with E-state index < -0.39 is 9.84 Å². The average molecular weight is 597 g/mol. The first kappa shape index (κ1) is 22.6. The summed E-state index contributed by atoms with van der Waals surface area (Å²) in [6, 6.07) is 24.9. The summed E-state index contributed by atoms with van der Waals surface area (Å²) < 4.78 is 28.3. The lowest BCUT2D eigenvalue weighted by Gasteiger charge is -2.14. The molecule has 0 saturated heterocycles. The molecule has 0 aliphatic rings. The van der Waals surface area contributed by atoms with E-state index in [0.717, 1.165) is 22.3 Å². The van der Waals surface area contributed by atoms with E-state index in [0.29, 0.717) is 19.0 Å². The van der Waals surface area contributed by atoms with Gasteiger partial charge in [0, 0.05) is 19.0 Å². The third-order valence-electron chi connectivity index (χ3n) is 4.82. The van der Waals surface area contributed by atoms with Crippen LogP contribution in [0.1, 0.15) is 0 Å². The maximum absolute atomic E-state index is 13.6. The highest BCUT2D eigenvalue weighted by Gasteiger charge is 2.26. The van der Waals surface area contributed by atoms with Gasteiger partial charge in [0.1, 0.15) is 0 Å². The Labute approximate surface area is 208 Å². The fraction of sp³-hybridized carbons (Fsp3) is 0. The van der Waals surface area contributed by atoms with Gasteiger partial charge in [-0.05, 0) is 90.5 Å². The molecule has 0 radical (unpaired) electrons. The van der Waals surface area contributed by atoms with Crippen LogP contribution in [0.5, 0.6) is 0 Å². The lowest BCUT2D eigenvalue weighted by molar-refractivity contribution is 0.595. The molecule has 0 saturated carbocycles. The van der Waals surface area contributed by atoms with E-state index >= 15 is 0 Å². The second kappa shape index (κ2) is 9.08. The molecule has 0 atom stereocenters. The highest BCUT2D eigenvalue weighted by molar-refractivity contribution is 9.11. The maximum atomic E-state index is 13.6. The van der Waals surface area contributed by atoms with Crippen LogP contribution in [0.2, 0.25) is 10.0 Å². The Morgan fingerprint density at radius 1 is 0.548 bits per heavy atom. The Hall–Kier alpha value is -1.63. The summed E-state index contributed by atoms with van der Waals surface area (Å²) in [5.74, 6) is 0. The number of rotatable bonds is 4. The van der Waals surface area contributed by atoms with Gasteiger partial charge < -0.3 is 0 Å². The first-order chi connectivity index (χ1) is 14.8. The van der Waals surface area contributed by atoms with Gasteiger partial charge in [-0.1, -0.05) is 71.7 Å². The number of sulfone groups is 1. The molecule has 0 aliphatic carbocycles. The van der Waals surface area contributed by atoms with Crippen LogP contribution in [0.25, 0.3) is 22.3 Å². The zero-order valence-corrected chi connectivity index (χ0v) is 21.3. The summed E-state index contributed by atoms with van der Waals surface area (Å²) in [7, 11) is -3.82. The molecule has 4 aromatic rings. The van der Waals surface area contributed by atoms with Gasteiger partial charge in [0.25, 0.3) is 0 Å². The van der Waals surface area contributed by atoms with Crippen molar-refractivity contribution in [2.75, 3.05) is 0 Å². The molecule has 0 heterocycles. The van der Waals surface area contributed by atoms with Gasteiger partial charge in [0.15, 0.2) is 0 Å². The highest BCUT2D eigenvalue weighted by atomic mass is 79.9. The van der Waals surface area contributed by atoms with Crippen LogP contribution in [0.3, 0.4) is 0 Å². The molecular weight excluding hydrogens is 583 g/mol. The molecular formula is C24H14Br2Cl2O2S. The van der Waals surface area contributed by atoms with E-state index in [2.05, 4.69) is 31.9 Å². The number of hydrogen-bond acceptors (Lipinski definition) is 2. The molecule has 4 rings (SSSR count). The fourth-order valence-corrected chi connectivity index (χ4v) is 7.22. The summed E-state index contributed by atoms with van der Waals surface area (Å²) in [6.07, 6.45) is 0. The second-order valence-electron chi connectivity index (χ2n) is 6.75. The van der Waals surface area contributed by atoms with E-state index in [4.69, 9.17) is 23.2 Å². The van der Waals surface area contributed by atoms with Gasteiger partial charge >= 0.3 is 0 Å². The minimum absolute atomic E-state index is 0.189. The number of halogens is 4. The van der Waals surface area contributed by atoms with Gasteiger partial charge in [-0.3, -0.25) is 0 Å². The van der Waals surface area contributed by atoms with Crippen molar-refractivity contribution in [3.05, 3.63) is 104 Å². The number of hydrogen-bond donors (Lipinski definition) is 0. The molecule has 0 amide bonds. The summed E-state index contributed by atoms with van der Waals surface area (Å²) in [5, 5.41) is 1.23. The first-order valence-electron chi connectivity index (χ1n) is 9.13. The van der Waals surface area contributed by atoms with Crippen LogP contribution in [0.4, 0.5) is 0 Å². The lowest BCUT2D eigenvalue weighted by atomic mass is 10.1. The Kier molecular flexibility index (Phi) is 6.61. The van der Waals surface area contributed by atoms with Crippen LogP contribution in [-0.4, -0.2) is 8.42 Å². The Balaban J connectivity index is 1.85. The average Bonchev–Trinajstić information content (AvgIpc) is 2.75. The summed E-state index contributed by atoms with van der Waals surface area (Å²) in [4.78, 5) is 0.378. The van der Waals surface area contributed by atoms with Crippen molar-refractivity contribution < 1.29 is 8.42 Å². The van der Waals surface area contributed by atoms with Crippen LogP contribution in [0, 0.1) is 0 Å². The van der Waals surface area contributed by atoms with Gasteiger partial charge in [0.2, 0.25) is 9.84 Å². The van der Waals surface area contributed by atoms with Gasteiger partial charge in [-0.25, -0.2) is 8.42 Å². The van der Waals surface area contributed by atoms with E-state index in [1.54, 1.807) is 48.5 Å². The monoisotopic (exact) mass is 594 g/mol. The molecule has 7 heteroatoms. The standard InChI is InChI=1S/C24H14Br2Cl2O2S/c25-23-19(15-7-11-17(27)12-8-15)3-1-5-21(23)31(29,30)22-6-2-4-20(24(22)26)16-9-13-18(28)14-10-16/h1-14H. The van der Waals surface area contributed by atoms with Crippen LogP contribution >= 0.6 is 55.1 Å². The molecule has 0 bridgehead atoms. The van der Waals surface area contributed by atoms with E-state index in [1.165, 1.54) is 0 Å². The Morgan fingerprint density at radius 2 is 0.903 bits per heavy atom. The third-order valence-corrected chi connectivity index (χ3v) is 9.39. The zero-order valence-electron chi connectivity index (χ0n) is 15.8. The predicted molar refractivity (Wildman–Crippen MR) is 135 cm³/mol. The third kappa shape index (κ3) is 4.48. The van der Waals surface area contributed by atoms with Crippen molar-refractivity contribution in [2.24, 2.45) is 0 Å². The molecule has 0 N–H and O–H groups in total. The lowest BCUT2D eigenvalue weighted by Crippen LogP contribution is -2.05. The molecule has 0 fully saturated rings. The van der Waals surface area contributed by atoms with E-state index in [9.17, 15) is 8.42 Å². The highest BCUT2D eigenvalue weighted by Crippen LogP contribution is 2.40. The Morgan fingerprint density at radius 3 is 1.26 bits per heavy atom. The molecule has 0 aromatic heterocycles. The van der Waals surface area contributed by atoms with Crippen LogP contribution in [-0.2, 0) is 9.84 Å². The molecule has 4 aromatic carbocycles. The molecule has 0 unspecified atom stereocenters. The summed E-state index contributed by atoms with van der Waals surface area (Å²) >= 11 is 19.0. The van der Waals surface area contributed by atoms with Crippen LogP contribution in [0.15, 0.2) is 104 Å². The SMILES string of the molecule is O=S(=O)(c1cccc(-c2ccc(Cl)cc2)c1Br)c1cccc(-c2ccc(Cl)cc2)c1Br. The van der Waals surface area contributed by atoms with Crippen LogP contribution < -0.4 is 0 Å². The van der Waals surface area contributed by atoms with Crippen molar-refractivity contribution >= 4 is 64.9 Å². The maximum Gasteiger partial charge on any atom is 0.208 e. The fourth-order valence-electron chi connectivity index (χ4n) is 3.26. The van der Waals surface area contributed by atoms with Crippen molar-refractivity contribution in [2.45, 2.75) is 9.79 Å². The molecule has 31 heavy (non-hydrogen) atoms. The van der Waals surface area contributed by atoms with Gasteiger partial charge in [-0.2, -0.15) is 0 Å². The van der Waals surface area contributed by atoms with Gasteiger partial charge in [0.05, 0.1) is 9.79 Å². The number of benzene rings is 4. The molecule has 0 aliphatic heterocycles. The van der Waals surface area contributed by atoms with E-state index in [1.807, 2.05) is 36.4 Å². The largest absolute Gasteiger partial charge is 0.218 e.